The third-order valence-corrected chi connectivity index (χ3v) is 4.04. The summed E-state index contributed by atoms with van der Waals surface area (Å²) in [5, 5.41) is 14.5. The van der Waals surface area contributed by atoms with E-state index in [1.165, 1.54) is 0 Å². The van der Waals surface area contributed by atoms with Gasteiger partial charge in [0.15, 0.2) is 0 Å². The van der Waals surface area contributed by atoms with E-state index in [0.29, 0.717) is 15.8 Å². The highest BCUT2D eigenvalue weighted by molar-refractivity contribution is 6.35. The molecule has 21 heavy (non-hydrogen) atoms. The molecular formula is C16H17Cl2NO2. The zero-order valence-corrected chi connectivity index (χ0v) is 13.6. The Kier molecular flexibility index (Phi) is 4.86. The van der Waals surface area contributed by atoms with Crippen molar-refractivity contribution >= 4 is 28.9 Å². The number of nitrogens with one attached hydrogen (secondary N) is 1. The second-order valence-electron chi connectivity index (χ2n) is 4.87. The Morgan fingerprint density at radius 3 is 2.52 bits per heavy atom. The van der Waals surface area contributed by atoms with Crippen LogP contribution in [0.25, 0.3) is 0 Å². The van der Waals surface area contributed by atoms with Crippen LogP contribution in [-0.2, 0) is 0 Å². The van der Waals surface area contributed by atoms with E-state index >= 15 is 0 Å². The SMILES string of the molecule is COc1ccc(O)c(C(C)Nc2cc(Cl)c(C)cc2Cl)c1. The molecule has 0 aliphatic heterocycles. The molecule has 0 aliphatic rings. The Morgan fingerprint density at radius 2 is 1.86 bits per heavy atom. The molecule has 5 heteroatoms. The summed E-state index contributed by atoms with van der Waals surface area (Å²) in [7, 11) is 1.59. The van der Waals surface area contributed by atoms with Crippen LogP contribution in [0.2, 0.25) is 10.0 Å². The summed E-state index contributed by atoms with van der Waals surface area (Å²) < 4.78 is 5.18. The number of benzene rings is 2. The molecule has 1 unspecified atom stereocenters. The van der Waals surface area contributed by atoms with Crippen LogP contribution in [0.1, 0.15) is 24.1 Å². The van der Waals surface area contributed by atoms with Crippen LogP contribution in [0, 0.1) is 6.92 Å². The summed E-state index contributed by atoms with van der Waals surface area (Å²) >= 11 is 12.3. The molecule has 0 saturated carbocycles. The fraction of sp³-hybridized carbons (Fsp3) is 0.250. The number of phenols is 1. The van der Waals surface area contributed by atoms with Crippen LogP contribution >= 0.6 is 23.2 Å². The number of rotatable bonds is 4. The van der Waals surface area contributed by atoms with E-state index in [2.05, 4.69) is 5.32 Å². The number of anilines is 1. The summed E-state index contributed by atoms with van der Waals surface area (Å²) in [4.78, 5) is 0. The first-order valence-corrected chi connectivity index (χ1v) is 7.27. The molecule has 0 saturated heterocycles. The van der Waals surface area contributed by atoms with E-state index in [-0.39, 0.29) is 11.8 Å². The van der Waals surface area contributed by atoms with Crippen LogP contribution in [0.3, 0.4) is 0 Å². The number of ether oxygens (including phenoxy) is 1. The van der Waals surface area contributed by atoms with Gasteiger partial charge in [0.05, 0.1) is 23.9 Å². The lowest BCUT2D eigenvalue weighted by Gasteiger charge is -2.19. The maximum absolute atomic E-state index is 9.99. The predicted molar refractivity (Wildman–Crippen MR) is 87.9 cm³/mol. The van der Waals surface area contributed by atoms with Crippen molar-refractivity contribution in [1.29, 1.82) is 0 Å². The van der Waals surface area contributed by atoms with Crippen molar-refractivity contribution in [3.8, 4) is 11.5 Å². The first-order chi connectivity index (χ1) is 9.92. The lowest BCUT2D eigenvalue weighted by atomic mass is 10.1. The fourth-order valence-electron chi connectivity index (χ4n) is 2.07. The number of hydrogen-bond acceptors (Lipinski definition) is 3. The molecule has 0 aliphatic carbocycles. The molecule has 0 radical (unpaired) electrons. The Bertz CT molecular complexity index is 659. The minimum absolute atomic E-state index is 0.156. The van der Waals surface area contributed by atoms with Crippen LogP contribution in [-0.4, -0.2) is 12.2 Å². The van der Waals surface area contributed by atoms with Crippen molar-refractivity contribution < 1.29 is 9.84 Å². The highest BCUT2D eigenvalue weighted by atomic mass is 35.5. The van der Waals surface area contributed by atoms with E-state index in [4.69, 9.17) is 27.9 Å². The Hall–Kier alpha value is -1.58. The van der Waals surface area contributed by atoms with Gasteiger partial charge in [-0.05, 0) is 49.7 Å². The zero-order chi connectivity index (χ0) is 15.6. The molecule has 2 aromatic rings. The van der Waals surface area contributed by atoms with Gasteiger partial charge in [-0.25, -0.2) is 0 Å². The van der Waals surface area contributed by atoms with Crippen LogP contribution in [0.15, 0.2) is 30.3 Å². The van der Waals surface area contributed by atoms with Gasteiger partial charge in [-0.2, -0.15) is 0 Å². The van der Waals surface area contributed by atoms with Gasteiger partial charge in [-0.3, -0.25) is 0 Å². The molecule has 2 N–H and O–H groups in total. The van der Waals surface area contributed by atoms with Gasteiger partial charge in [0.25, 0.3) is 0 Å². The van der Waals surface area contributed by atoms with E-state index < -0.39 is 0 Å². The largest absolute Gasteiger partial charge is 0.508 e. The van der Waals surface area contributed by atoms with Crippen molar-refractivity contribution in [3.63, 3.8) is 0 Å². The van der Waals surface area contributed by atoms with Crippen molar-refractivity contribution in [2.75, 3.05) is 12.4 Å². The van der Waals surface area contributed by atoms with Crippen molar-refractivity contribution in [2.45, 2.75) is 19.9 Å². The quantitative estimate of drug-likeness (QED) is 0.812. The van der Waals surface area contributed by atoms with Crippen LogP contribution in [0.5, 0.6) is 11.5 Å². The van der Waals surface area contributed by atoms with Crippen LogP contribution in [0.4, 0.5) is 5.69 Å². The highest BCUT2D eigenvalue weighted by Gasteiger charge is 2.14. The van der Waals surface area contributed by atoms with Crippen molar-refractivity contribution in [1.82, 2.24) is 0 Å². The van der Waals surface area contributed by atoms with Crippen molar-refractivity contribution in [2.24, 2.45) is 0 Å². The molecule has 0 heterocycles. The average Bonchev–Trinajstić information content (AvgIpc) is 2.45. The molecule has 0 bridgehead atoms. The zero-order valence-electron chi connectivity index (χ0n) is 12.1. The first-order valence-electron chi connectivity index (χ1n) is 6.51. The maximum atomic E-state index is 9.99. The lowest BCUT2D eigenvalue weighted by molar-refractivity contribution is 0.410. The van der Waals surface area contributed by atoms with E-state index in [1.807, 2.05) is 19.9 Å². The minimum atomic E-state index is -0.156. The number of halogens is 2. The second kappa shape index (κ2) is 6.46. The third-order valence-electron chi connectivity index (χ3n) is 3.32. The van der Waals surface area contributed by atoms with E-state index in [9.17, 15) is 5.11 Å². The first kappa shape index (κ1) is 15.8. The molecule has 2 aromatic carbocycles. The Morgan fingerprint density at radius 1 is 1.14 bits per heavy atom. The minimum Gasteiger partial charge on any atom is -0.508 e. The smallest absolute Gasteiger partial charge is 0.121 e. The van der Waals surface area contributed by atoms with Gasteiger partial charge in [-0.15, -0.1) is 0 Å². The molecule has 0 aromatic heterocycles. The molecular weight excluding hydrogens is 309 g/mol. The van der Waals surface area contributed by atoms with Gasteiger partial charge < -0.3 is 15.2 Å². The van der Waals surface area contributed by atoms with Gasteiger partial charge in [-0.1, -0.05) is 23.2 Å². The normalized spacial score (nSPS) is 12.0. The Balaban J connectivity index is 2.30. The molecule has 112 valence electrons. The van der Waals surface area contributed by atoms with Gasteiger partial charge in [0.2, 0.25) is 0 Å². The summed E-state index contributed by atoms with van der Waals surface area (Å²) in [5.41, 5.74) is 2.37. The predicted octanol–water partition coefficient (Wildman–Crippen LogP) is 5.19. The number of aryl methyl sites for hydroxylation is 1. The fourth-order valence-corrected chi connectivity index (χ4v) is 2.51. The monoisotopic (exact) mass is 325 g/mol. The third kappa shape index (κ3) is 3.55. The standard InChI is InChI=1S/C16H17Cl2NO2/c1-9-6-14(18)15(8-13(9)17)19-10(2)12-7-11(21-3)4-5-16(12)20/h4-8,10,19-20H,1-3H3. The summed E-state index contributed by atoms with van der Waals surface area (Å²) in [6.07, 6.45) is 0. The maximum Gasteiger partial charge on any atom is 0.121 e. The molecule has 0 spiro atoms. The molecule has 3 nitrogen and oxygen atoms in total. The Labute approximate surface area is 134 Å². The van der Waals surface area contributed by atoms with E-state index in [1.54, 1.807) is 31.4 Å². The van der Waals surface area contributed by atoms with E-state index in [0.717, 1.165) is 16.8 Å². The molecule has 0 fully saturated rings. The molecule has 2 rings (SSSR count). The summed E-state index contributed by atoms with van der Waals surface area (Å²) in [5.74, 6) is 0.884. The molecule has 1 atom stereocenters. The van der Waals surface area contributed by atoms with Gasteiger partial charge in [0.1, 0.15) is 11.5 Å². The number of hydrogen-bond donors (Lipinski definition) is 2. The topological polar surface area (TPSA) is 41.5 Å². The van der Waals surface area contributed by atoms with Gasteiger partial charge in [0, 0.05) is 10.6 Å². The van der Waals surface area contributed by atoms with Crippen LogP contribution < -0.4 is 10.1 Å². The molecule has 0 amide bonds. The second-order valence-corrected chi connectivity index (χ2v) is 5.69. The summed E-state index contributed by atoms with van der Waals surface area (Å²) in [6.45, 7) is 3.83. The number of methoxy groups -OCH3 is 1. The van der Waals surface area contributed by atoms with Gasteiger partial charge >= 0.3 is 0 Å². The lowest BCUT2D eigenvalue weighted by Crippen LogP contribution is -2.07. The highest BCUT2D eigenvalue weighted by Crippen LogP contribution is 2.34. The van der Waals surface area contributed by atoms with Crippen molar-refractivity contribution in [3.05, 3.63) is 51.5 Å². The number of phenolic OH excluding ortho intramolecular Hbond substituents is 1. The average molecular weight is 326 g/mol. The number of aromatic hydroxyl groups is 1. The summed E-state index contributed by atoms with van der Waals surface area (Å²) in [6, 6.07) is 8.54.